The van der Waals surface area contributed by atoms with Crippen molar-refractivity contribution in [2.75, 3.05) is 25.1 Å². The third-order valence-electron chi connectivity index (χ3n) is 4.03. The summed E-state index contributed by atoms with van der Waals surface area (Å²) in [6.45, 7) is 1.83. The molecule has 0 N–H and O–H groups in total. The summed E-state index contributed by atoms with van der Waals surface area (Å²) in [5, 5.41) is 0. The van der Waals surface area contributed by atoms with Gasteiger partial charge in [-0.1, -0.05) is 0 Å². The Bertz CT molecular complexity index is 520. The number of carbonyl (C=O) groups is 2. The second kappa shape index (κ2) is 5.25. The van der Waals surface area contributed by atoms with Crippen LogP contribution in [0.3, 0.4) is 0 Å². The quantitative estimate of drug-likeness (QED) is 0.782. The molecule has 0 aliphatic carbocycles. The number of methoxy groups -OCH3 is 1. The van der Waals surface area contributed by atoms with Gasteiger partial charge in [-0.05, 0) is 50.2 Å². The van der Waals surface area contributed by atoms with E-state index in [9.17, 15) is 9.59 Å². The Labute approximate surface area is 118 Å². The first kappa shape index (κ1) is 13.1. The van der Waals surface area contributed by atoms with Gasteiger partial charge in [0.15, 0.2) is 0 Å². The van der Waals surface area contributed by atoms with E-state index in [2.05, 4.69) is 4.90 Å². The first-order valence-electron chi connectivity index (χ1n) is 6.95. The van der Waals surface area contributed by atoms with E-state index in [4.69, 9.17) is 4.74 Å². The van der Waals surface area contributed by atoms with Crippen molar-refractivity contribution < 1.29 is 14.3 Å². The Kier molecular flexibility index (Phi) is 3.44. The van der Waals surface area contributed by atoms with Crippen LogP contribution in [0.15, 0.2) is 24.3 Å². The van der Waals surface area contributed by atoms with Crippen LogP contribution < -0.4 is 9.64 Å². The van der Waals surface area contributed by atoms with Crippen LogP contribution in [0.5, 0.6) is 5.75 Å². The van der Waals surface area contributed by atoms with Crippen molar-refractivity contribution in [1.82, 2.24) is 4.90 Å². The van der Waals surface area contributed by atoms with Crippen molar-refractivity contribution >= 4 is 17.5 Å². The number of likely N-dealkylation sites (tertiary alicyclic amines) is 1. The summed E-state index contributed by atoms with van der Waals surface area (Å²) in [6.07, 6.45) is 2.52. The van der Waals surface area contributed by atoms with E-state index in [1.54, 1.807) is 31.4 Å². The molecule has 1 aromatic rings. The Balaban J connectivity index is 1.82. The van der Waals surface area contributed by atoms with E-state index in [1.165, 1.54) is 4.90 Å². The normalized spacial score (nSPS) is 23.6. The number of carbonyl (C=O) groups excluding carboxylic acids is 2. The van der Waals surface area contributed by atoms with Crippen molar-refractivity contribution in [3.63, 3.8) is 0 Å². The van der Waals surface area contributed by atoms with Gasteiger partial charge in [0.25, 0.3) is 5.91 Å². The standard InChI is InChI=1S/C15H18N2O3/c1-20-12-6-4-11(5-7-12)17-14(18)10-13(15(17)19)16-8-2-3-9-16/h4-7,13H,2-3,8-10H2,1H3. The Morgan fingerprint density at radius 3 is 2.35 bits per heavy atom. The van der Waals surface area contributed by atoms with E-state index >= 15 is 0 Å². The van der Waals surface area contributed by atoms with Crippen molar-refractivity contribution in [3.8, 4) is 5.75 Å². The predicted molar refractivity (Wildman–Crippen MR) is 74.7 cm³/mol. The molecule has 2 amide bonds. The molecule has 0 saturated carbocycles. The first-order valence-corrected chi connectivity index (χ1v) is 6.95. The zero-order valence-electron chi connectivity index (χ0n) is 11.5. The molecule has 2 saturated heterocycles. The molecular weight excluding hydrogens is 256 g/mol. The molecular formula is C15H18N2O3. The smallest absolute Gasteiger partial charge is 0.251 e. The maximum Gasteiger partial charge on any atom is 0.251 e. The second-order valence-electron chi connectivity index (χ2n) is 5.23. The van der Waals surface area contributed by atoms with E-state index in [0.29, 0.717) is 17.9 Å². The highest BCUT2D eigenvalue weighted by Crippen LogP contribution is 2.28. The molecule has 0 aromatic heterocycles. The molecule has 2 aliphatic rings. The van der Waals surface area contributed by atoms with Gasteiger partial charge in [-0.25, -0.2) is 4.90 Å². The molecule has 20 heavy (non-hydrogen) atoms. The van der Waals surface area contributed by atoms with Crippen molar-refractivity contribution in [2.45, 2.75) is 25.3 Å². The summed E-state index contributed by atoms with van der Waals surface area (Å²) in [5.41, 5.74) is 0.627. The zero-order chi connectivity index (χ0) is 14.1. The van der Waals surface area contributed by atoms with Crippen molar-refractivity contribution in [1.29, 1.82) is 0 Å². The molecule has 5 heteroatoms. The van der Waals surface area contributed by atoms with Gasteiger partial charge < -0.3 is 4.74 Å². The highest BCUT2D eigenvalue weighted by atomic mass is 16.5. The van der Waals surface area contributed by atoms with Gasteiger partial charge in [0.05, 0.1) is 25.3 Å². The monoisotopic (exact) mass is 274 g/mol. The average Bonchev–Trinajstić information content (AvgIpc) is 3.07. The molecule has 0 radical (unpaired) electrons. The maximum absolute atomic E-state index is 12.5. The van der Waals surface area contributed by atoms with Crippen LogP contribution in [-0.2, 0) is 9.59 Å². The van der Waals surface area contributed by atoms with Crippen LogP contribution in [-0.4, -0.2) is 43.0 Å². The van der Waals surface area contributed by atoms with E-state index in [1.807, 2.05) is 0 Å². The molecule has 3 rings (SSSR count). The minimum atomic E-state index is -0.271. The highest BCUT2D eigenvalue weighted by molar-refractivity contribution is 6.22. The third kappa shape index (κ3) is 2.18. The van der Waals surface area contributed by atoms with Crippen LogP contribution in [0.1, 0.15) is 19.3 Å². The van der Waals surface area contributed by atoms with Gasteiger partial charge in [-0.15, -0.1) is 0 Å². The number of imide groups is 1. The lowest BCUT2D eigenvalue weighted by Crippen LogP contribution is -2.40. The molecule has 1 atom stereocenters. The minimum absolute atomic E-state index is 0.0953. The topological polar surface area (TPSA) is 49.9 Å². The summed E-state index contributed by atoms with van der Waals surface area (Å²) in [6, 6.07) is 6.76. The molecule has 5 nitrogen and oxygen atoms in total. The number of benzene rings is 1. The number of hydrogen-bond donors (Lipinski definition) is 0. The number of rotatable bonds is 3. The van der Waals surface area contributed by atoms with Crippen molar-refractivity contribution in [2.24, 2.45) is 0 Å². The van der Waals surface area contributed by atoms with Crippen LogP contribution in [0.4, 0.5) is 5.69 Å². The van der Waals surface area contributed by atoms with Gasteiger partial charge in [-0.3, -0.25) is 14.5 Å². The van der Waals surface area contributed by atoms with Crippen LogP contribution >= 0.6 is 0 Å². The molecule has 1 unspecified atom stereocenters. The second-order valence-corrected chi connectivity index (χ2v) is 5.23. The Morgan fingerprint density at radius 2 is 1.75 bits per heavy atom. The lowest BCUT2D eigenvalue weighted by molar-refractivity contribution is -0.122. The molecule has 2 heterocycles. The van der Waals surface area contributed by atoms with Crippen LogP contribution in [0.25, 0.3) is 0 Å². The lowest BCUT2D eigenvalue weighted by Gasteiger charge is -2.21. The minimum Gasteiger partial charge on any atom is -0.497 e. The fourth-order valence-corrected chi connectivity index (χ4v) is 2.96. The van der Waals surface area contributed by atoms with E-state index in [-0.39, 0.29) is 17.9 Å². The number of ether oxygens (including phenoxy) is 1. The number of hydrogen-bond acceptors (Lipinski definition) is 4. The summed E-state index contributed by atoms with van der Waals surface area (Å²) >= 11 is 0. The predicted octanol–water partition coefficient (Wildman–Crippen LogP) is 1.42. The highest BCUT2D eigenvalue weighted by Gasteiger charge is 2.43. The van der Waals surface area contributed by atoms with Gasteiger partial charge in [0.2, 0.25) is 5.91 Å². The Morgan fingerprint density at radius 1 is 1.10 bits per heavy atom. The SMILES string of the molecule is COc1ccc(N2C(=O)CC(N3CCCC3)C2=O)cc1. The Hall–Kier alpha value is -1.88. The van der Waals surface area contributed by atoms with E-state index in [0.717, 1.165) is 25.9 Å². The fraction of sp³-hybridized carbons (Fsp3) is 0.467. The van der Waals surface area contributed by atoms with Crippen LogP contribution in [0.2, 0.25) is 0 Å². The summed E-state index contributed by atoms with van der Waals surface area (Å²) < 4.78 is 5.09. The molecule has 0 spiro atoms. The number of anilines is 1. The fourth-order valence-electron chi connectivity index (χ4n) is 2.96. The zero-order valence-corrected chi connectivity index (χ0v) is 11.5. The third-order valence-corrected chi connectivity index (χ3v) is 4.03. The molecule has 106 valence electrons. The molecule has 2 aliphatic heterocycles. The molecule has 2 fully saturated rings. The first-order chi connectivity index (χ1) is 9.70. The van der Waals surface area contributed by atoms with Gasteiger partial charge in [0.1, 0.15) is 5.75 Å². The molecule has 1 aromatic carbocycles. The summed E-state index contributed by atoms with van der Waals surface area (Å²) in [7, 11) is 1.59. The van der Waals surface area contributed by atoms with Crippen LogP contribution in [0, 0.1) is 0 Å². The lowest BCUT2D eigenvalue weighted by atomic mass is 10.2. The largest absolute Gasteiger partial charge is 0.497 e. The summed E-state index contributed by atoms with van der Waals surface area (Å²) in [4.78, 5) is 28.1. The van der Waals surface area contributed by atoms with E-state index < -0.39 is 0 Å². The average molecular weight is 274 g/mol. The van der Waals surface area contributed by atoms with Gasteiger partial charge >= 0.3 is 0 Å². The van der Waals surface area contributed by atoms with Gasteiger partial charge in [-0.2, -0.15) is 0 Å². The number of nitrogens with zero attached hydrogens (tertiary/aromatic N) is 2. The summed E-state index contributed by atoms with van der Waals surface area (Å²) in [5.74, 6) is 0.503. The van der Waals surface area contributed by atoms with Crippen molar-refractivity contribution in [3.05, 3.63) is 24.3 Å². The maximum atomic E-state index is 12.5. The van der Waals surface area contributed by atoms with Gasteiger partial charge in [0, 0.05) is 0 Å². The molecule has 0 bridgehead atoms. The number of amides is 2.